The number of amides is 1. The smallest absolute Gasteiger partial charge is 0.405 e. The summed E-state index contributed by atoms with van der Waals surface area (Å²) in [5, 5.41) is 18.6. The fourth-order valence-corrected chi connectivity index (χ4v) is 0.280. The summed E-state index contributed by atoms with van der Waals surface area (Å²) >= 11 is 0. The molecule has 0 aromatic heterocycles. The molecule has 0 aliphatic carbocycles. The summed E-state index contributed by atoms with van der Waals surface area (Å²) in [5.74, 6) is 0. The first-order valence-corrected chi connectivity index (χ1v) is 2.47. The standard InChI is InChI=1S/C4H10N2O3/c1-2(3(5)7)6-4(8)9/h2-3,6-7H,5H2,1H3,(H,8,9)/t2-,3+/m1/s1. The summed E-state index contributed by atoms with van der Waals surface area (Å²) in [6.07, 6.45) is -2.33. The number of carboxylic acid groups (broad SMARTS) is 1. The Hall–Kier alpha value is -0.810. The molecule has 0 aromatic carbocycles. The molecule has 0 fully saturated rings. The molecular formula is C4H10N2O3. The molecule has 0 aliphatic heterocycles. The fraction of sp³-hybridized carbons (Fsp3) is 0.750. The van der Waals surface area contributed by atoms with Gasteiger partial charge in [-0.2, -0.15) is 0 Å². The maximum absolute atomic E-state index is 9.84. The molecule has 0 saturated carbocycles. The van der Waals surface area contributed by atoms with Crippen molar-refractivity contribution in [3.63, 3.8) is 0 Å². The van der Waals surface area contributed by atoms with Crippen LogP contribution in [0.3, 0.4) is 0 Å². The number of hydrogen-bond acceptors (Lipinski definition) is 3. The van der Waals surface area contributed by atoms with Crippen LogP contribution in [0.5, 0.6) is 0 Å². The van der Waals surface area contributed by atoms with E-state index in [-0.39, 0.29) is 0 Å². The molecule has 0 aromatic rings. The van der Waals surface area contributed by atoms with Crippen LogP contribution in [0, 0.1) is 0 Å². The molecule has 1 amide bonds. The first kappa shape index (κ1) is 8.19. The zero-order valence-electron chi connectivity index (χ0n) is 5.03. The molecule has 54 valence electrons. The minimum absolute atomic E-state index is 0.623. The van der Waals surface area contributed by atoms with Crippen LogP contribution in [0.4, 0.5) is 4.79 Å². The van der Waals surface area contributed by atoms with Gasteiger partial charge < -0.3 is 21.3 Å². The van der Waals surface area contributed by atoms with Crippen molar-refractivity contribution in [2.45, 2.75) is 19.2 Å². The third-order valence-corrected chi connectivity index (χ3v) is 0.863. The molecule has 0 aliphatic rings. The number of carbonyl (C=O) groups is 1. The Kier molecular flexibility index (Phi) is 2.97. The lowest BCUT2D eigenvalue weighted by Crippen LogP contribution is -2.44. The Morgan fingerprint density at radius 3 is 2.33 bits per heavy atom. The SMILES string of the molecule is C[C@@H](NC(=O)O)[C@@H](N)O. The second kappa shape index (κ2) is 3.26. The van der Waals surface area contributed by atoms with Gasteiger partial charge in [0.05, 0.1) is 6.04 Å². The lowest BCUT2D eigenvalue weighted by Gasteiger charge is -2.12. The third-order valence-electron chi connectivity index (χ3n) is 0.863. The maximum Gasteiger partial charge on any atom is 0.405 e. The first-order chi connectivity index (χ1) is 4.04. The van der Waals surface area contributed by atoms with Gasteiger partial charge in [-0.3, -0.25) is 0 Å². The van der Waals surface area contributed by atoms with Crippen LogP contribution >= 0.6 is 0 Å². The second-order valence-electron chi connectivity index (χ2n) is 1.73. The third kappa shape index (κ3) is 3.75. The highest BCUT2D eigenvalue weighted by atomic mass is 16.4. The number of nitrogens with two attached hydrogens (primary N) is 1. The van der Waals surface area contributed by atoms with E-state index in [1.54, 1.807) is 0 Å². The largest absolute Gasteiger partial charge is 0.465 e. The van der Waals surface area contributed by atoms with Gasteiger partial charge in [0.15, 0.2) is 0 Å². The van der Waals surface area contributed by atoms with Gasteiger partial charge in [0.25, 0.3) is 0 Å². The maximum atomic E-state index is 9.84. The van der Waals surface area contributed by atoms with Gasteiger partial charge in [0, 0.05) is 0 Å². The fourth-order valence-electron chi connectivity index (χ4n) is 0.280. The molecule has 9 heavy (non-hydrogen) atoms. The Bertz CT molecular complexity index is 104. The number of aliphatic hydroxyl groups is 1. The van der Waals surface area contributed by atoms with Crippen molar-refractivity contribution in [2.24, 2.45) is 5.73 Å². The van der Waals surface area contributed by atoms with Crippen LogP contribution in [0.2, 0.25) is 0 Å². The number of hydrogen-bond donors (Lipinski definition) is 4. The quantitative estimate of drug-likeness (QED) is 0.361. The van der Waals surface area contributed by atoms with Crippen LogP contribution < -0.4 is 11.1 Å². The van der Waals surface area contributed by atoms with Gasteiger partial charge in [-0.1, -0.05) is 0 Å². The van der Waals surface area contributed by atoms with E-state index in [4.69, 9.17) is 15.9 Å². The van der Waals surface area contributed by atoms with Crippen LogP contribution in [0.15, 0.2) is 0 Å². The van der Waals surface area contributed by atoms with Crippen molar-refractivity contribution >= 4 is 6.09 Å². The summed E-state index contributed by atoms with van der Waals surface area (Å²) in [5.41, 5.74) is 4.91. The van der Waals surface area contributed by atoms with Gasteiger partial charge in [-0.05, 0) is 6.92 Å². The molecule has 2 atom stereocenters. The highest BCUT2D eigenvalue weighted by molar-refractivity contribution is 5.64. The average Bonchev–Trinajstić information content (AvgIpc) is 1.63. The van der Waals surface area contributed by atoms with Crippen LogP contribution in [-0.4, -0.2) is 28.6 Å². The molecular weight excluding hydrogens is 124 g/mol. The molecule has 0 rings (SSSR count). The molecule has 5 N–H and O–H groups in total. The van der Waals surface area contributed by atoms with E-state index in [2.05, 4.69) is 0 Å². The van der Waals surface area contributed by atoms with Gasteiger partial charge in [-0.15, -0.1) is 0 Å². The summed E-state index contributed by atoms with van der Waals surface area (Å²) in [4.78, 5) is 9.84. The monoisotopic (exact) mass is 134 g/mol. The van der Waals surface area contributed by atoms with Crippen molar-refractivity contribution in [1.82, 2.24) is 5.32 Å². The minimum atomic E-state index is -1.19. The van der Waals surface area contributed by atoms with Gasteiger partial charge in [0.2, 0.25) is 0 Å². The predicted octanol–water partition coefficient (Wildman–Crippen LogP) is -1.08. The van der Waals surface area contributed by atoms with E-state index in [9.17, 15) is 4.79 Å². The highest BCUT2D eigenvalue weighted by Gasteiger charge is 2.09. The molecule has 5 nitrogen and oxygen atoms in total. The highest BCUT2D eigenvalue weighted by Crippen LogP contribution is 1.82. The van der Waals surface area contributed by atoms with E-state index in [1.165, 1.54) is 6.92 Å². The summed E-state index contributed by atoms with van der Waals surface area (Å²) in [6.45, 7) is 1.47. The molecule has 0 radical (unpaired) electrons. The summed E-state index contributed by atoms with van der Waals surface area (Å²) in [6, 6.07) is -0.623. The average molecular weight is 134 g/mol. The molecule has 0 heterocycles. The zero-order chi connectivity index (χ0) is 7.44. The number of rotatable bonds is 2. The van der Waals surface area contributed by atoms with Crippen molar-refractivity contribution in [3.8, 4) is 0 Å². The molecule has 0 bridgehead atoms. The Morgan fingerprint density at radius 1 is 1.78 bits per heavy atom. The number of aliphatic hydroxyl groups excluding tert-OH is 1. The van der Waals surface area contributed by atoms with Gasteiger partial charge in [0.1, 0.15) is 6.23 Å². The summed E-state index contributed by atoms with van der Waals surface area (Å²) < 4.78 is 0. The molecule has 0 unspecified atom stereocenters. The van der Waals surface area contributed by atoms with E-state index in [0.29, 0.717) is 0 Å². The molecule has 0 saturated heterocycles. The van der Waals surface area contributed by atoms with Crippen LogP contribution in [0.1, 0.15) is 6.92 Å². The van der Waals surface area contributed by atoms with Crippen molar-refractivity contribution in [3.05, 3.63) is 0 Å². The first-order valence-electron chi connectivity index (χ1n) is 2.47. The van der Waals surface area contributed by atoms with E-state index in [1.807, 2.05) is 5.32 Å². The van der Waals surface area contributed by atoms with E-state index >= 15 is 0 Å². The summed E-state index contributed by atoms with van der Waals surface area (Å²) in [7, 11) is 0. The number of nitrogens with one attached hydrogen (secondary N) is 1. The van der Waals surface area contributed by atoms with Crippen LogP contribution in [-0.2, 0) is 0 Å². The normalized spacial score (nSPS) is 16.3. The minimum Gasteiger partial charge on any atom is -0.465 e. The Morgan fingerprint density at radius 2 is 2.22 bits per heavy atom. The topological polar surface area (TPSA) is 95.6 Å². The van der Waals surface area contributed by atoms with Gasteiger partial charge in [-0.25, -0.2) is 4.79 Å². The van der Waals surface area contributed by atoms with Crippen molar-refractivity contribution in [1.29, 1.82) is 0 Å². The lowest BCUT2D eigenvalue weighted by atomic mass is 10.3. The molecule has 0 spiro atoms. The Labute approximate surface area is 52.5 Å². The second-order valence-corrected chi connectivity index (χ2v) is 1.73. The zero-order valence-corrected chi connectivity index (χ0v) is 5.03. The van der Waals surface area contributed by atoms with E-state index in [0.717, 1.165) is 0 Å². The van der Waals surface area contributed by atoms with Gasteiger partial charge >= 0.3 is 6.09 Å². The Balaban J connectivity index is 3.50. The van der Waals surface area contributed by atoms with Crippen molar-refractivity contribution in [2.75, 3.05) is 0 Å². The molecule has 5 heteroatoms. The van der Waals surface area contributed by atoms with Crippen LogP contribution in [0.25, 0.3) is 0 Å². The lowest BCUT2D eigenvalue weighted by molar-refractivity contribution is 0.131. The van der Waals surface area contributed by atoms with E-state index < -0.39 is 18.4 Å². The predicted molar refractivity (Wildman–Crippen MR) is 30.8 cm³/mol. The van der Waals surface area contributed by atoms with Crippen molar-refractivity contribution < 1.29 is 15.0 Å².